The molecule has 5 N–H and O–H groups in total. The number of aliphatic hydroxyl groups is 2. The molecule has 4 unspecified atom stereocenters. The van der Waals surface area contributed by atoms with Crippen LogP contribution >= 0.6 is 0 Å². The number of anilines is 1. The number of rotatable bonds is 10. The Bertz CT molecular complexity index is 1590. The van der Waals surface area contributed by atoms with Crippen LogP contribution in [-0.2, 0) is 24.2 Å². The lowest BCUT2D eigenvalue weighted by Gasteiger charge is -2.52. The van der Waals surface area contributed by atoms with Crippen LogP contribution in [0, 0.1) is 29.6 Å². The first-order chi connectivity index (χ1) is 22.5. The second-order valence-corrected chi connectivity index (χ2v) is 16.3. The number of methoxy groups -OCH3 is 3. The van der Waals surface area contributed by atoms with Crippen LogP contribution in [0.1, 0.15) is 70.2 Å². The maximum atomic E-state index is 14.1. The third-order valence-corrected chi connectivity index (χ3v) is 13.0. The lowest BCUT2D eigenvalue weighted by molar-refractivity contribution is -0.251. The van der Waals surface area contributed by atoms with Gasteiger partial charge >= 0.3 is 5.97 Å². The molecule has 266 valence electrons. The minimum Gasteiger partial charge on any atom is -0.497 e. The van der Waals surface area contributed by atoms with Gasteiger partial charge < -0.3 is 34.9 Å². The van der Waals surface area contributed by atoms with Gasteiger partial charge in [-0.25, -0.2) is 13.2 Å². The quantitative estimate of drug-likeness (QED) is 0.264. The Kier molecular flexibility index (Phi) is 10.3. The van der Waals surface area contributed by atoms with Crippen LogP contribution in [0.3, 0.4) is 0 Å². The molecule has 0 spiro atoms. The summed E-state index contributed by atoms with van der Waals surface area (Å²) in [4.78, 5) is 14.1. The predicted octanol–water partition coefficient (Wildman–Crippen LogP) is 4.36. The molecule has 0 aromatic heterocycles. The maximum absolute atomic E-state index is 14.1. The fraction of sp³-hybridized carbons (Fsp3) is 0.639. The van der Waals surface area contributed by atoms with E-state index in [9.17, 15) is 23.4 Å². The number of nitrogens with one attached hydrogen (secondary N) is 1. The highest BCUT2D eigenvalue weighted by Crippen LogP contribution is 2.62. The average molecular weight is 689 g/mol. The smallest absolute Gasteiger partial charge is 0.340 e. The first-order valence-corrected chi connectivity index (χ1v) is 18.3. The molecule has 11 nitrogen and oxygen atoms in total. The molecule has 0 saturated heterocycles. The molecule has 0 amide bonds. The molecule has 3 aliphatic rings. The number of benzene rings is 2. The van der Waals surface area contributed by atoms with Crippen molar-refractivity contribution in [3.05, 3.63) is 54.1 Å². The summed E-state index contributed by atoms with van der Waals surface area (Å²) in [5.74, 6) is -1.64. The molecule has 5 rings (SSSR count). The lowest BCUT2D eigenvalue weighted by atomic mass is 9.63. The summed E-state index contributed by atoms with van der Waals surface area (Å²) in [5.41, 5.74) is 2.63. The zero-order chi connectivity index (χ0) is 35.2. The standard InChI is InChI=1S/C36H52N2O9S/c1-21-15-30-23(3)29-17-24(35(40,19-22(2)44-5)36(30,41)32(21)46-7)16-25(37)20-34(29,4)47-33(39)28-13-8-9-14-31(28)38-48(42,43)27-12-10-11-26(18-27)45-6/h8-14,18,21-25,29-30,32,38,40-41H,15-17,19-20,37H2,1-7H3/t21-,22+,23?,24?,25+,29?,30?,32-,34+,35-,36-/m0/s1. The Morgan fingerprint density at radius 2 is 1.75 bits per heavy atom. The summed E-state index contributed by atoms with van der Waals surface area (Å²) in [6, 6.07) is 11.9. The van der Waals surface area contributed by atoms with E-state index in [-0.39, 0.29) is 52.3 Å². The van der Waals surface area contributed by atoms with E-state index in [2.05, 4.69) is 11.6 Å². The van der Waals surface area contributed by atoms with Crippen LogP contribution in [0.5, 0.6) is 5.75 Å². The minimum atomic E-state index is -4.08. The van der Waals surface area contributed by atoms with Gasteiger partial charge in [0.2, 0.25) is 0 Å². The third kappa shape index (κ3) is 6.24. The molecule has 2 aromatic carbocycles. The topological polar surface area (TPSA) is 167 Å². The minimum absolute atomic E-state index is 0.0204. The van der Waals surface area contributed by atoms with Crippen molar-refractivity contribution >= 4 is 21.7 Å². The number of hydrogen-bond acceptors (Lipinski definition) is 10. The van der Waals surface area contributed by atoms with Gasteiger partial charge in [0, 0.05) is 45.1 Å². The van der Waals surface area contributed by atoms with Crippen LogP contribution in [0.15, 0.2) is 53.4 Å². The molecule has 11 atom stereocenters. The summed E-state index contributed by atoms with van der Waals surface area (Å²) in [7, 11) is 0.535. The molecule has 3 saturated carbocycles. The fourth-order valence-electron chi connectivity index (χ4n) is 9.44. The van der Waals surface area contributed by atoms with Gasteiger partial charge in [0.05, 0.1) is 35.5 Å². The van der Waals surface area contributed by atoms with Gasteiger partial charge in [-0.2, -0.15) is 0 Å². The van der Waals surface area contributed by atoms with Gasteiger partial charge in [0.15, 0.2) is 0 Å². The molecule has 3 aliphatic carbocycles. The Hall–Kier alpha value is -2.74. The van der Waals surface area contributed by atoms with Crippen molar-refractivity contribution in [2.24, 2.45) is 35.3 Å². The van der Waals surface area contributed by atoms with E-state index in [0.717, 1.165) is 0 Å². The van der Waals surface area contributed by atoms with Crippen molar-refractivity contribution < 1.29 is 42.4 Å². The molecule has 12 heteroatoms. The highest BCUT2D eigenvalue weighted by molar-refractivity contribution is 7.92. The summed E-state index contributed by atoms with van der Waals surface area (Å²) in [6.45, 7) is 7.86. The zero-order valence-electron chi connectivity index (χ0n) is 29.0. The molecular formula is C36H52N2O9S. The van der Waals surface area contributed by atoms with Gasteiger partial charge in [0.1, 0.15) is 22.6 Å². The third-order valence-electron chi connectivity index (χ3n) is 11.7. The van der Waals surface area contributed by atoms with Crippen molar-refractivity contribution in [2.45, 2.75) is 99.7 Å². The fourth-order valence-corrected chi connectivity index (χ4v) is 10.6. The monoisotopic (exact) mass is 688 g/mol. The van der Waals surface area contributed by atoms with Crippen LogP contribution < -0.4 is 15.2 Å². The van der Waals surface area contributed by atoms with Gasteiger partial charge in [-0.1, -0.05) is 32.0 Å². The van der Waals surface area contributed by atoms with Gasteiger partial charge in [0.25, 0.3) is 10.0 Å². The summed E-state index contributed by atoms with van der Waals surface area (Å²) in [6.07, 6.45) is 1.03. The van der Waals surface area contributed by atoms with E-state index in [4.69, 9.17) is 24.7 Å². The van der Waals surface area contributed by atoms with Crippen molar-refractivity contribution in [2.75, 3.05) is 26.1 Å². The number of fused-ring (bicyclic) bond motifs is 3. The number of carbonyl (C=O) groups excluding carboxylic acids is 1. The molecule has 2 aromatic rings. The zero-order valence-corrected chi connectivity index (χ0v) is 29.8. The van der Waals surface area contributed by atoms with Crippen LogP contribution in [0.25, 0.3) is 0 Å². The van der Waals surface area contributed by atoms with Crippen molar-refractivity contribution in [3.8, 4) is 5.75 Å². The highest BCUT2D eigenvalue weighted by atomic mass is 32.2. The second kappa shape index (κ2) is 13.5. The number of para-hydroxylation sites is 1. The second-order valence-electron chi connectivity index (χ2n) is 14.6. The number of esters is 1. The molecule has 48 heavy (non-hydrogen) atoms. The van der Waals surface area contributed by atoms with Crippen molar-refractivity contribution in [3.63, 3.8) is 0 Å². The van der Waals surface area contributed by atoms with Gasteiger partial charge in [-0.3, -0.25) is 4.72 Å². The number of ether oxygens (including phenoxy) is 4. The molecule has 3 fully saturated rings. The van der Waals surface area contributed by atoms with Crippen molar-refractivity contribution in [1.82, 2.24) is 0 Å². The SMILES string of the molecule is COc1cccc(S(=O)(=O)Nc2ccccc2C(=O)O[C@]2(C)C[C@H](N)CC3CC2C(C)C2C[C@H](C)[C@H](OC)[C@]2(O)[C@]3(O)C[C@@H](C)OC)c1. The van der Waals surface area contributed by atoms with Gasteiger partial charge in [-0.15, -0.1) is 0 Å². The van der Waals surface area contributed by atoms with Crippen molar-refractivity contribution in [1.29, 1.82) is 0 Å². The highest BCUT2D eigenvalue weighted by Gasteiger charge is 2.71. The van der Waals surface area contributed by atoms with E-state index in [1.54, 1.807) is 38.5 Å². The van der Waals surface area contributed by atoms with E-state index >= 15 is 0 Å². The van der Waals surface area contributed by atoms with E-state index in [1.807, 2.05) is 20.8 Å². The Morgan fingerprint density at radius 1 is 1.04 bits per heavy atom. The van der Waals surface area contributed by atoms with E-state index < -0.39 is 50.9 Å². The maximum Gasteiger partial charge on any atom is 0.340 e. The summed E-state index contributed by atoms with van der Waals surface area (Å²) < 4.78 is 52.6. The lowest BCUT2D eigenvalue weighted by Crippen LogP contribution is -2.67. The first-order valence-electron chi connectivity index (χ1n) is 16.8. The Balaban J connectivity index is 1.52. The average Bonchev–Trinajstić information content (AvgIpc) is 3.20. The van der Waals surface area contributed by atoms with E-state index in [0.29, 0.717) is 31.4 Å². The molecule has 2 bridgehead atoms. The number of hydrogen-bond donors (Lipinski definition) is 4. The van der Waals surface area contributed by atoms with E-state index in [1.165, 1.54) is 31.4 Å². The molecular weight excluding hydrogens is 636 g/mol. The summed E-state index contributed by atoms with van der Waals surface area (Å²) in [5, 5.41) is 25.7. The molecule has 0 radical (unpaired) electrons. The molecule has 0 aliphatic heterocycles. The Morgan fingerprint density at radius 3 is 2.42 bits per heavy atom. The summed E-state index contributed by atoms with van der Waals surface area (Å²) >= 11 is 0. The number of nitrogens with two attached hydrogens (primary N) is 1. The van der Waals surface area contributed by atoms with Crippen LogP contribution in [-0.4, -0.2) is 81.0 Å². The predicted molar refractivity (Wildman–Crippen MR) is 181 cm³/mol. The van der Waals surface area contributed by atoms with Gasteiger partial charge in [-0.05, 0) is 81.0 Å². The van der Waals surface area contributed by atoms with Crippen LogP contribution in [0.4, 0.5) is 5.69 Å². The Labute approximate surface area is 284 Å². The van der Waals surface area contributed by atoms with Crippen LogP contribution in [0.2, 0.25) is 0 Å². The first kappa shape index (κ1) is 36.5. The largest absolute Gasteiger partial charge is 0.497 e. The normalized spacial score (nSPS) is 37.1. The molecule has 0 heterocycles. The number of sulfonamides is 1. The number of carbonyl (C=O) groups is 1.